The fourth-order valence-electron chi connectivity index (χ4n) is 3.24. The number of rotatable bonds is 5. The number of nitro benzene ring substituents is 1. The van der Waals surface area contributed by atoms with Crippen molar-refractivity contribution < 1.29 is 4.92 Å². The molecule has 1 aliphatic rings. The monoisotopic (exact) mass is 382 g/mol. The van der Waals surface area contributed by atoms with Crippen LogP contribution in [0.3, 0.4) is 0 Å². The maximum Gasteiger partial charge on any atom is 0.270 e. The Morgan fingerprint density at radius 2 is 1.93 bits per heavy atom. The normalized spacial score (nSPS) is 15.4. The van der Waals surface area contributed by atoms with Gasteiger partial charge in [0.05, 0.1) is 16.7 Å². The number of nitriles is 1. The van der Waals surface area contributed by atoms with Crippen LogP contribution in [0.25, 0.3) is 5.70 Å². The van der Waals surface area contributed by atoms with Crippen molar-refractivity contribution in [3.05, 3.63) is 80.9 Å². The fraction of sp³-hybridized carbons (Fsp3) is 0.250. The van der Waals surface area contributed by atoms with Gasteiger partial charge in [-0.3, -0.25) is 15.0 Å². The highest BCUT2D eigenvalue weighted by Gasteiger charge is 2.21. The maximum atomic E-state index is 11.0. The number of piperazine rings is 1. The largest absolute Gasteiger partial charge is 0.368 e. The molecule has 27 heavy (non-hydrogen) atoms. The highest BCUT2D eigenvalue weighted by molar-refractivity contribution is 6.30. The Kier molecular flexibility index (Phi) is 6.07. The van der Waals surface area contributed by atoms with Crippen LogP contribution in [0.1, 0.15) is 11.1 Å². The SMILES string of the molecule is N#C/C=C(\c1cccc([N+](=O)[O-])c1)N1CCN(Cc2cccc(Cl)c2)CC1. The van der Waals surface area contributed by atoms with Gasteiger partial charge in [-0.2, -0.15) is 5.26 Å². The third-order valence-electron chi connectivity index (χ3n) is 4.56. The van der Waals surface area contributed by atoms with E-state index >= 15 is 0 Å². The zero-order valence-electron chi connectivity index (χ0n) is 14.7. The molecule has 1 saturated heterocycles. The van der Waals surface area contributed by atoms with Crippen LogP contribution in [0.2, 0.25) is 5.02 Å². The number of nitro groups is 1. The average molecular weight is 383 g/mol. The van der Waals surface area contributed by atoms with E-state index in [0.29, 0.717) is 5.56 Å². The van der Waals surface area contributed by atoms with Crippen molar-refractivity contribution >= 4 is 23.0 Å². The second-order valence-electron chi connectivity index (χ2n) is 6.36. The van der Waals surface area contributed by atoms with E-state index in [1.807, 2.05) is 18.2 Å². The number of hydrogen-bond acceptors (Lipinski definition) is 5. The predicted molar refractivity (Wildman–Crippen MR) is 105 cm³/mol. The topological polar surface area (TPSA) is 73.4 Å². The highest BCUT2D eigenvalue weighted by atomic mass is 35.5. The smallest absolute Gasteiger partial charge is 0.270 e. The van der Waals surface area contributed by atoms with Crippen molar-refractivity contribution in [2.75, 3.05) is 26.2 Å². The van der Waals surface area contributed by atoms with E-state index < -0.39 is 4.92 Å². The Morgan fingerprint density at radius 3 is 2.59 bits per heavy atom. The molecule has 2 aromatic carbocycles. The van der Waals surface area contributed by atoms with Crippen LogP contribution in [-0.4, -0.2) is 40.9 Å². The molecule has 1 heterocycles. The number of non-ortho nitro benzene ring substituents is 1. The minimum atomic E-state index is -0.420. The first kappa shape index (κ1) is 18.9. The van der Waals surface area contributed by atoms with Gasteiger partial charge in [-0.25, -0.2) is 0 Å². The van der Waals surface area contributed by atoms with Gasteiger partial charge in [0.2, 0.25) is 0 Å². The summed E-state index contributed by atoms with van der Waals surface area (Å²) in [6, 6.07) is 16.3. The predicted octanol–water partition coefficient (Wildman–Crippen LogP) is 3.93. The molecular weight excluding hydrogens is 364 g/mol. The maximum absolute atomic E-state index is 11.0. The van der Waals surface area contributed by atoms with Gasteiger partial charge in [0.1, 0.15) is 0 Å². The standard InChI is InChI=1S/C20H19ClN4O2/c21-18-5-1-3-16(13-18)15-23-9-11-24(12-10-23)20(7-8-22)17-4-2-6-19(14-17)25(26)27/h1-7,13-14H,9-12,15H2/b20-7+. The molecule has 0 amide bonds. The summed E-state index contributed by atoms with van der Waals surface area (Å²) in [6.45, 7) is 3.99. The summed E-state index contributed by atoms with van der Waals surface area (Å²) in [5, 5.41) is 20.9. The number of hydrogen-bond donors (Lipinski definition) is 0. The van der Waals surface area contributed by atoms with Crippen LogP contribution in [0.4, 0.5) is 5.69 Å². The lowest BCUT2D eigenvalue weighted by Gasteiger charge is -2.37. The molecule has 0 N–H and O–H groups in total. The van der Waals surface area contributed by atoms with E-state index in [9.17, 15) is 15.4 Å². The lowest BCUT2D eigenvalue weighted by molar-refractivity contribution is -0.384. The van der Waals surface area contributed by atoms with Crippen LogP contribution >= 0.6 is 11.6 Å². The van der Waals surface area contributed by atoms with Gasteiger partial charge >= 0.3 is 0 Å². The lowest BCUT2D eigenvalue weighted by atomic mass is 10.1. The second kappa shape index (κ2) is 8.67. The third-order valence-corrected chi connectivity index (χ3v) is 4.80. The molecule has 0 radical (unpaired) electrons. The summed E-state index contributed by atoms with van der Waals surface area (Å²) in [4.78, 5) is 15.1. The second-order valence-corrected chi connectivity index (χ2v) is 6.80. The van der Waals surface area contributed by atoms with Crippen LogP contribution in [0.15, 0.2) is 54.6 Å². The molecule has 6 nitrogen and oxygen atoms in total. The van der Waals surface area contributed by atoms with Crippen molar-refractivity contribution in [3.63, 3.8) is 0 Å². The van der Waals surface area contributed by atoms with Gasteiger partial charge in [-0.1, -0.05) is 35.9 Å². The quantitative estimate of drug-likeness (QED) is 0.445. The first-order chi connectivity index (χ1) is 13.1. The van der Waals surface area contributed by atoms with Crippen molar-refractivity contribution in [2.24, 2.45) is 0 Å². The zero-order chi connectivity index (χ0) is 19.2. The van der Waals surface area contributed by atoms with E-state index in [-0.39, 0.29) is 5.69 Å². The van der Waals surface area contributed by atoms with E-state index in [1.54, 1.807) is 12.1 Å². The molecule has 2 aromatic rings. The van der Waals surface area contributed by atoms with Crippen LogP contribution in [-0.2, 0) is 6.54 Å². The molecular formula is C20H19ClN4O2. The van der Waals surface area contributed by atoms with Gasteiger partial charge < -0.3 is 4.90 Å². The molecule has 0 saturated carbocycles. The fourth-order valence-corrected chi connectivity index (χ4v) is 3.45. The van der Waals surface area contributed by atoms with Crippen molar-refractivity contribution in [3.8, 4) is 6.07 Å². The Balaban J connectivity index is 1.69. The molecule has 138 valence electrons. The first-order valence-electron chi connectivity index (χ1n) is 8.63. The van der Waals surface area contributed by atoms with Crippen molar-refractivity contribution in [1.82, 2.24) is 9.80 Å². The minimum absolute atomic E-state index is 0.0240. The molecule has 7 heteroatoms. The summed E-state index contributed by atoms with van der Waals surface area (Å²) in [5.41, 5.74) is 2.61. The van der Waals surface area contributed by atoms with Gasteiger partial charge in [0.15, 0.2) is 0 Å². The molecule has 1 fully saturated rings. The Labute approximate surface area is 163 Å². The van der Waals surface area contributed by atoms with E-state index in [2.05, 4.69) is 21.9 Å². The molecule has 3 rings (SSSR count). The molecule has 0 unspecified atom stereocenters. The lowest BCUT2D eigenvalue weighted by Crippen LogP contribution is -2.44. The van der Waals surface area contributed by atoms with Crippen LogP contribution in [0.5, 0.6) is 0 Å². The Morgan fingerprint density at radius 1 is 1.19 bits per heavy atom. The number of nitrogens with zero attached hydrogens (tertiary/aromatic N) is 4. The number of halogens is 1. The molecule has 0 aromatic heterocycles. The summed E-state index contributed by atoms with van der Waals surface area (Å²) in [5.74, 6) is 0. The Hall–Kier alpha value is -2.88. The van der Waals surface area contributed by atoms with Crippen molar-refractivity contribution in [2.45, 2.75) is 6.54 Å². The number of allylic oxidation sites excluding steroid dienone is 1. The Bertz CT molecular complexity index is 899. The van der Waals surface area contributed by atoms with Gasteiger partial charge in [0.25, 0.3) is 5.69 Å². The molecule has 0 aliphatic carbocycles. The molecule has 0 bridgehead atoms. The zero-order valence-corrected chi connectivity index (χ0v) is 15.5. The van der Waals surface area contributed by atoms with Gasteiger partial charge in [-0.15, -0.1) is 0 Å². The van der Waals surface area contributed by atoms with Crippen molar-refractivity contribution in [1.29, 1.82) is 5.26 Å². The molecule has 0 spiro atoms. The van der Waals surface area contributed by atoms with E-state index in [4.69, 9.17) is 11.6 Å². The van der Waals surface area contributed by atoms with E-state index in [1.165, 1.54) is 23.8 Å². The minimum Gasteiger partial charge on any atom is -0.368 e. The summed E-state index contributed by atoms with van der Waals surface area (Å²) in [6.07, 6.45) is 1.46. The first-order valence-corrected chi connectivity index (χ1v) is 9.01. The molecule has 1 aliphatic heterocycles. The average Bonchev–Trinajstić information content (AvgIpc) is 2.67. The highest BCUT2D eigenvalue weighted by Crippen LogP contribution is 2.25. The summed E-state index contributed by atoms with van der Waals surface area (Å²) >= 11 is 6.05. The van der Waals surface area contributed by atoms with E-state index in [0.717, 1.165) is 43.4 Å². The van der Waals surface area contributed by atoms with Gasteiger partial charge in [-0.05, 0) is 17.7 Å². The van der Waals surface area contributed by atoms with Crippen LogP contribution < -0.4 is 0 Å². The molecule has 0 atom stereocenters. The third kappa shape index (κ3) is 4.85. The van der Waals surface area contributed by atoms with Crippen LogP contribution in [0, 0.1) is 21.4 Å². The number of benzene rings is 2. The summed E-state index contributed by atoms with van der Waals surface area (Å²) < 4.78 is 0. The van der Waals surface area contributed by atoms with Gasteiger partial charge in [0, 0.05) is 61.5 Å². The summed E-state index contributed by atoms with van der Waals surface area (Å²) in [7, 11) is 0.